The topological polar surface area (TPSA) is 49.2 Å². The molecule has 0 radical (unpaired) electrons. The zero-order chi connectivity index (χ0) is 11.7. The van der Waals surface area contributed by atoms with E-state index in [1.165, 1.54) is 6.42 Å². The summed E-state index contributed by atoms with van der Waals surface area (Å²) < 4.78 is 0. The average molecular weight is 221 g/mol. The third-order valence-corrected chi connectivity index (χ3v) is 3.28. The van der Waals surface area contributed by atoms with Crippen molar-refractivity contribution in [2.24, 2.45) is 5.92 Å². The molecular weight excluding hydrogens is 202 g/mol. The minimum atomic E-state index is 0.0120. The molecule has 0 aromatic carbocycles. The van der Waals surface area contributed by atoms with Crippen molar-refractivity contribution in [3.05, 3.63) is 17.5 Å². The molecule has 1 fully saturated rings. The zero-order valence-corrected chi connectivity index (χ0v) is 10.1. The van der Waals surface area contributed by atoms with E-state index in [2.05, 4.69) is 28.7 Å². The second-order valence-electron chi connectivity index (χ2n) is 4.78. The van der Waals surface area contributed by atoms with Crippen LogP contribution in [-0.4, -0.2) is 27.7 Å². The van der Waals surface area contributed by atoms with Crippen LogP contribution in [0.3, 0.4) is 0 Å². The van der Waals surface area contributed by atoms with E-state index in [4.69, 9.17) is 5.11 Å². The molecule has 2 unspecified atom stereocenters. The molecule has 0 bridgehead atoms. The molecule has 0 amide bonds. The second kappa shape index (κ2) is 4.37. The Morgan fingerprint density at radius 1 is 1.50 bits per heavy atom. The van der Waals surface area contributed by atoms with Gasteiger partial charge in [-0.2, -0.15) is 0 Å². The van der Waals surface area contributed by atoms with Crippen LogP contribution in [0, 0.1) is 12.8 Å². The van der Waals surface area contributed by atoms with Gasteiger partial charge in [0, 0.05) is 30.0 Å². The number of hydrogen-bond donors (Lipinski definition) is 1. The van der Waals surface area contributed by atoms with E-state index in [9.17, 15) is 0 Å². The normalized spacial score (nSPS) is 25.1. The first-order valence-corrected chi connectivity index (χ1v) is 5.81. The van der Waals surface area contributed by atoms with Gasteiger partial charge in [0.05, 0.1) is 6.61 Å². The first-order valence-electron chi connectivity index (χ1n) is 5.81. The second-order valence-corrected chi connectivity index (χ2v) is 4.78. The first-order chi connectivity index (χ1) is 7.61. The highest BCUT2D eigenvalue weighted by Gasteiger charge is 2.28. The lowest BCUT2D eigenvalue weighted by molar-refractivity contribution is 0.280. The van der Waals surface area contributed by atoms with E-state index in [1.54, 1.807) is 6.20 Å². The number of aryl methyl sites for hydroxylation is 1. The summed E-state index contributed by atoms with van der Waals surface area (Å²) in [6.45, 7) is 7.42. The Labute approximate surface area is 96.3 Å². The highest BCUT2D eigenvalue weighted by molar-refractivity contribution is 5.35. The number of aliphatic hydroxyl groups is 1. The molecule has 1 saturated heterocycles. The number of anilines is 1. The van der Waals surface area contributed by atoms with Crippen LogP contribution in [0.1, 0.15) is 31.5 Å². The van der Waals surface area contributed by atoms with Crippen LogP contribution in [0.25, 0.3) is 0 Å². The van der Waals surface area contributed by atoms with Crippen LogP contribution in [-0.2, 0) is 6.61 Å². The summed E-state index contributed by atoms with van der Waals surface area (Å²) in [6, 6.07) is 0.509. The molecule has 1 aromatic heterocycles. The van der Waals surface area contributed by atoms with Gasteiger partial charge in [0.1, 0.15) is 0 Å². The maximum absolute atomic E-state index is 9.08. The minimum Gasteiger partial charge on any atom is -0.392 e. The van der Waals surface area contributed by atoms with Gasteiger partial charge in [0.2, 0.25) is 5.95 Å². The van der Waals surface area contributed by atoms with Crippen molar-refractivity contribution >= 4 is 5.95 Å². The molecular formula is C12H19N3O. The number of rotatable bonds is 2. The Kier molecular flexibility index (Phi) is 3.10. The highest BCUT2D eigenvalue weighted by Crippen LogP contribution is 2.26. The van der Waals surface area contributed by atoms with Gasteiger partial charge in [-0.25, -0.2) is 9.97 Å². The van der Waals surface area contributed by atoms with Crippen LogP contribution >= 0.6 is 0 Å². The molecule has 0 saturated carbocycles. The van der Waals surface area contributed by atoms with Gasteiger partial charge >= 0.3 is 0 Å². The van der Waals surface area contributed by atoms with Gasteiger partial charge in [-0.1, -0.05) is 6.92 Å². The summed E-state index contributed by atoms with van der Waals surface area (Å²) in [6.07, 6.45) is 2.93. The predicted octanol–water partition coefficient (Wildman–Crippen LogP) is 1.51. The third kappa shape index (κ3) is 2.02. The largest absolute Gasteiger partial charge is 0.392 e. The van der Waals surface area contributed by atoms with Crippen LogP contribution in [0.4, 0.5) is 5.95 Å². The van der Waals surface area contributed by atoms with Crippen LogP contribution in [0.2, 0.25) is 0 Å². The van der Waals surface area contributed by atoms with Crippen LogP contribution in [0.15, 0.2) is 6.20 Å². The van der Waals surface area contributed by atoms with E-state index < -0.39 is 0 Å². The van der Waals surface area contributed by atoms with Crippen LogP contribution < -0.4 is 4.90 Å². The van der Waals surface area contributed by atoms with Crippen molar-refractivity contribution in [3.8, 4) is 0 Å². The molecule has 4 heteroatoms. The van der Waals surface area contributed by atoms with Crippen molar-refractivity contribution < 1.29 is 5.11 Å². The van der Waals surface area contributed by atoms with Crippen molar-refractivity contribution in [2.45, 2.75) is 39.8 Å². The molecule has 16 heavy (non-hydrogen) atoms. The van der Waals surface area contributed by atoms with Gasteiger partial charge in [-0.05, 0) is 26.2 Å². The smallest absolute Gasteiger partial charge is 0.225 e. The molecule has 88 valence electrons. The predicted molar refractivity (Wildman–Crippen MR) is 63.3 cm³/mol. The molecule has 4 nitrogen and oxygen atoms in total. The van der Waals surface area contributed by atoms with Gasteiger partial charge in [0.25, 0.3) is 0 Å². The van der Waals surface area contributed by atoms with Gasteiger partial charge in [-0.15, -0.1) is 0 Å². The Morgan fingerprint density at radius 3 is 2.75 bits per heavy atom. The van der Waals surface area contributed by atoms with Crippen molar-refractivity contribution in [1.82, 2.24) is 9.97 Å². The molecule has 2 atom stereocenters. The molecule has 2 heterocycles. The first kappa shape index (κ1) is 11.3. The Morgan fingerprint density at radius 2 is 2.25 bits per heavy atom. The lowest BCUT2D eigenvalue weighted by atomic mass is 10.1. The van der Waals surface area contributed by atoms with E-state index in [0.717, 1.165) is 23.8 Å². The molecule has 1 N–H and O–H groups in total. The fraction of sp³-hybridized carbons (Fsp3) is 0.667. The SMILES string of the molecule is Cc1nc(N2CC(C)CC2C)ncc1CO. The van der Waals surface area contributed by atoms with Gasteiger partial charge in [-0.3, -0.25) is 0 Å². The van der Waals surface area contributed by atoms with Gasteiger partial charge < -0.3 is 10.0 Å². The summed E-state index contributed by atoms with van der Waals surface area (Å²) in [5.41, 5.74) is 1.68. The Hall–Kier alpha value is -1.16. The van der Waals surface area contributed by atoms with Crippen molar-refractivity contribution in [3.63, 3.8) is 0 Å². The Bertz CT molecular complexity index is 381. The van der Waals surface area contributed by atoms with Crippen LogP contribution in [0.5, 0.6) is 0 Å². The fourth-order valence-electron chi connectivity index (χ4n) is 2.35. The lowest BCUT2D eigenvalue weighted by Gasteiger charge is -2.21. The third-order valence-electron chi connectivity index (χ3n) is 3.28. The molecule has 1 aliphatic heterocycles. The Balaban J connectivity index is 2.24. The number of hydrogen-bond acceptors (Lipinski definition) is 4. The minimum absolute atomic E-state index is 0.0120. The summed E-state index contributed by atoms with van der Waals surface area (Å²) in [4.78, 5) is 11.0. The quantitative estimate of drug-likeness (QED) is 0.822. The highest BCUT2D eigenvalue weighted by atomic mass is 16.3. The van der Waals surface area contributed by atoms with E-state index in [0.29, 0.717) is 12.0 Å². The van der Waals surface area contributed by atoms with E-state index in [1.807, 2.05) is 6.92 Å². The number of aliphatic hydroxyl groups excluding tert-OH is 1. The molecule has 1 aliphatic rings. The molecule has 1 aromatic rings. The maximum Gasteiger partial charge on any atom is 0.225 e. The average Bonchev–Trinajstić information content (AvgIpc) is 2.58. The molecule has 0 aliphatic carbocycles. The maximum atomic E-state index is 9.08. The monoisotopic (exact) mass is 221 g/mol. The summed E-state index contributed by atoms with van der Waals surface area (Å²) in [5.74, 6) is 1.50. The fourth-order valence-corrected chi connectivity index (χ4v) is 2.35. The number of nitrogens with zero attached hydrogens (tertiary/aromatic N) is 3. The van der Waals surface area contributed by atoms with Crippen molar-refractivity contribution in [1.29, 1.82) is 0 Å². The summed E-state index contributed by atoms with van der Waals surface area (Å²) >= 11 is 0. The summed E-state index contributed by atoms with van der Waals surface area (Å²) in [5, 5.41) is 9.08. The number of aromatic nitrogens is 2. The van der Waals surface area contributed by atoms with Gasteiger partial charge in [0.15, 0.2) is 0 Å². The standard InChI is InChI=1S/C12H19N3O/c1-8-4-9(2)15(6-8)12-13-5-11(7-16)10(3)14-12/h5,8-9,16H,4,6-7H2,1-3H3. The molecule has 2 rings (SSSR count). The summed E-state index contributed by atoms with van der Waals surface area (Å²) in [7, 11) is 0. The lowest BCUT2D eigenvalue weighted by Crippen LogP contribution is -2.28. The molecule has 0 spiro atoms. The van der Waals surface area contributed by atoms with E-state index in [-0.39, 0.29) is 6.61 Å². The van der Waals surface area contributed by atoms with Crippen molar-refractivity contribution in [2.75, 3.05) is 11.4 Å². The zero-order valence-electron chi connectivity index (χ0n) is 10.1. The van der Waals surface area contributed by atoms with E-state index >= 15 is 0 Å².